The number of rotatable bonds is 6. The van der Waals surface area contributed by atoms with Gasteiger partial charge in [0.25, 0.3) is 5.91 Å². The van der Waals surface area contributed by atoms with Crippen LogP contribution in [0.4, 0.5) is 0 Å². The Bertz CT molecular complexity index is 794. The van der Waals surface area contributed by atoms with E-state index in [2.05, 4.69) is 6.92 Å². The van der Waals surface area contributed by atoms with Gasteiger partial charge >= 0.3 is 5.97 Å². The summed E-state index contributed by atoms with van der Waals surface area (Å²) in [7, 11) is 0. The maximum atomic E-state index is 12.9. The van der Waals surface area contributed by atoms with Crippen LogP contribution >= 0.6 is 0 Å². The minimum Gasteiger partial charge on any atom is -0.478 e. The topological polar surface area (TPSA) is 82.8 Å². The summed E-state index contributed by atoms with van der Waals surface area (Å²) in [4.78, 5) is 26.0. The Hall–Kier alpha value is -2.34. The van der Waals surface area contributed by atoms with Gasteiger partial charge in [-0.15, -0.1) is 0 Å². The van der Waals surface area contributed by atoms with E-state index in [4.69, 9.17) is 0 Å². The molecule has 128 valence electrons. The molecule has 0 radical (unpaired) electrons. The third-order valence-electron chi connectivity index (χ3n) is 4.64. The fourth-order valence-electron chi connectivity index (χ4n) is 3.45. The predicted molar refractivity (Wildman–Crippen MR) is 90.5 cm³/mol. The number of aromatic nitrogens is 1. The van der Waals surface area contributed by atoms with Crippen molar-refractivity contribution in [3.63, 3.8) is 0 Å². The van der Waals surface area contributed by atoms with Crippen LogP contribution in [0.25, 0.3) is 10.9 Å². The van der Waals surface area contributed by atoms with Crippen LogP contribution in [0.3, 0.4) is 0 Å². The zero-order chi connectivity index (χ0) is 17.3. The van der Waals surface area contributed by atoms with E-state index in [1.54, 1.807) is 18.2 Å². The first-order valence-corrected chi connectivity index (χ1v) is 8.37. The number of benzene rings is 1. The fraction of sp³-hybridized carbons (Fsp3) is 0.444. The van der Waals surface area contributed by atoms with Crippen molar-refractivity contribution in [3.05, 3.63) is 35.0 Å². The second-order valence-corrected chi connectivity index (χ2v) is 6.14. The number of aromatic carboxylic acids is 1. The van der Waals surface area contributed by atoms with Gasteiger partial charge < -0.3 is 19.7 Å². The van der Waals surface area contributed by atoms with E-state index < -0.39 is 5.97 Å². The Labute approximate surface area is 140 Å². The van der Waals surface area contributed by atoms with Crippen molar-refractivity contribution in [1.29, 1.82) is 0 Å². The molecule has 1 aromatic carbocycles. The predicted octanol–water partition coefficient (Wildman–Crippen LogP) is 2.13. The molecule has 24 heavy (non-hydrogen) atoms. The molecular formula is C18H22N2O4. The summed E-state index contributed by atoms with van der Waals surface area (Å²) in [5.74, 6) is -1.00. The minimum absolute atomic E-state index is 0.0220. The smallest absolute Gasteiger partial charge is 0.335 e. The first kappa shape index (κ1) is 16.5. The monoisotopic (exact) mass is 330 g/mol. The molecule has 2 aromatic rings. The SMILES string of the molecule is CCCCN1CCc2c(n(CCO)c3ccc(C(=O)O)cc23)C1=O. The van der Waals surface area contributed by atoms with E-state index in [0.29, 0.717) is 25.2 Å². The van der Waals surface area contributed by atoms with Crippen LogP contribution in [0.15, 0.2) is 18.2 Å². The van der Waals surface area contributed by atoms with E-state index in [9.17, 15) is 19.8 Å². The quantitative estimate of drug-likeness (QED) is 0.850. The number of unbranched alkanes of at least 4 members (excludes halogenated alkanes) is 1. The summed E-state index contributed by atoms with van der Waals surface area (Å²) in [6.45, 7) is 3.73. The van der Waals surface area contributed by atoms with Gasteiger partial charge in [-0.3, -0.25) is 4.79 Å². The number of carboxylic acids is 1. The van der Waals surface area contributed by atoms with Crippen molar-refractivity contribution in [2.24, 2.45) is 0 Å². The summed E-state index contributed by atoms with van der Waals surface area (Å²) in [5, 5.41) is 19.4. The van der Waals surface area contributed by atoms with Gasteiger partial charge in [-0.05, 0) is 36.6 Å². The lowest BCUT2D eigenvalue weighted by Crippen LogP contribution is -2.39. The summed E-state index contributed by atoms with van der Waals surface area (Å²) >= 11 is 0. The first-order valence-electron chi connectivity index (χ1n) is 8.37. The lowest BCUT2D eigenvalue weighted by atomic mass is 10.0. The molecule has 0 atom stereocenters. The summed E-state index contributed by atoms with van der Waals surface area (Å²) in [6, 6.07) is 4.92. The second kappa shape index (κ2) is 6.65. The Balaban J connectivity index is 2.14. The molecule has 6 heteroatoms. The molecule has 0 unspecified atom stereocenters. The van der Waals surface area contributed by atoms with Crippen LogP contribution in [-0.2, 0) is 13.0 Å². The van der Waals surface area contributed by atoms with Gasteiger partial charge in [-0.25, -0.2) is 4.79 Å². The van der Waals surface area contributed by atoms with Crippen LogP contribution in [0.2, 0.25) is 0 Å². The molecule has 0 saturated heterocycles. The molecule has 2 heterocycles. The van der Waals surface area contributed by atoms with Gasteiger partial charge in [0.2, 0.25) is 0 Å². The molecular weight excluding hydrogens is 308 g/mol. The first-order chi connectivity index (χ1) is 11.6. The number of hydrogen-bond acceptors (Lipinski definition) is 3. The van der Waals surface area contributed by atoms with Gasteiger partial charge in [-0.1, -0.05) is 13.3 Å². The number of nitrogens with zero attached hydrogens (tertiary/aromatic N) is 2. The number of aliphatic hydroxyl groups excluding tert-OH is 1. The van der Waals surface area contributed by atoms with Crippen molar-refractivity contribution in [1.82, 2.24) is 9.47 Å². The molecule has 0 fully saturated rings. The van der Waals surface area contributed by atoms with Crippen molar-refractivity contribution in [3.8, 4) is 0 Å². The van der Waals surface area contributed by atoms with E-state index in [-0.39, 0.29) is 18.1 Å². The van der Waals surface area contributed by atoms with E-state index >= 15 is 0 Å². The molecule has 0 bridgehead atoms. The second-order valence-electron chi connectivity index (χ2n) is 6.14. The number of carboxylic acid groups (broad SMARTS) is 1. The molecule has 1 aliphatic heterocycles. The van der Waals surface area contributed by atoms with E-state index in [1.165, 1.54) is 0 Å². The lowest BCUT2D eigenvalue weighted by molar-refractivity contribution is 0.0694. The molecule has 0 aliphatic carbocycles. The zero-order valence-electron chi connectivity index (χ0n) is 13.8. The number of fused-ring (bicyclic) bond motifs is 3. The zero-order valence-corrected chi connectivity index (χ0v) is 13.8. The minimum atomic E-state index is -0.979. The third kappa shape index (κ3) is 2.67. The largest absolute Gasteiger partial charge is 0.478 e. The maximum Gasteiger partial charge on any atom is 0.335 e. The van der Waals surface area contributed by atoms with Crippen LogP contribution in [0, 0.1) is 0 Å². The molecule has 6 nitrogen and oxygen atoms in total. The number of amides is 1. The van der Waals surface area contributed by atoms with Gasteiger partial charge in [0, 0.05) is 30.5 Å². The van der Waals surface area contributed by atoms with Gasteiger partial charge in [0.1, 0.15) is 5.69 Å². The highest BCUT2D eigenvalue weighted by molar-refractivity contribution is 6.04. The van der Waals surface area contributed by atoms with Crippen molar-refractivity contribution in [2.45, 2.75) is 32.7 Å². The lowest BCUT2D eigenvalue weighted by Gasteiger charge is -2.28. The normalized spacial score (nSPS) is 14.2. The van der Waals surface area contributed by atoms with Crippen molar-refractivity contribution in [2.75, 3.05) is 19.7 Å². The average molecular weight is 330 g/mol. The Morgan fingerprint density at radius 3 is 2.75 bits per heavy atom. The molecule has 1 aromatic heterocycles. The van der Waals surface area contributed by atoms with Gasteiger partial charge in [-0.2, -0.15) is 0 Å². The Morgan fingerprint density at radius 2 is 2.08 bits per heavy atom. The van der Waals surface area contributed by atoms with Gasteiger partial charge in [0.05, 0.1) is 12.2 Å². The standard InChI is InChI=1S/C18H22N2O4/c1-2-3-7-19-8-6-13-14-11-12(18(23)24)4-5-15(14)20(9-10-21)16(13)17(19)22/h4-5,11,21H,2-3,6-10H2,1H3,(H,23,24). The summed E-state index contributed by atoms with van der Waals surface area (Å²) < 4.78 is 1.83. The van der Waals surface area contributed by atoms with Crippen molar-refractivity contribution >= 4 is 22.8 Å². The van der Waals surface area contributed by atoms with Crippen LogP contribution in [0.5, 0.6) is 0 Å². The molecule has 0 spiro atoms. The van der Waals surface area contributed by atoms with Crippen LogP contribution in [-0.4, -0.2) is 51.3 Å². The molecule has 0 saturated carbocycles. The highest BCUT2D eigenvalue weighted by atomic mass is 16.4. The number of aliphatic hydroxyl groups is 1. The van der Waals surface area contributed by atoms with E-state index in [1.807, 2.05) is 9.47 Å². The average Bonchev–Trinajstić information content (AvgIpc) is 2.89. The van der Waals surface area contributed by atoms with Gasteiger partial charge in [0.15, 0.2) is 0 Å². The Morgan fingerprint density at radius 1 is 1.29 bits per heavy atom. The molecule has 3 rings (SSSR count). The van der Waals surface area contributed by atoms with Crippen LogP contribution < -0.4 is 0 Å². The molecule has 1 aliphatic rings. The summed E-state index contributed by atoms with van der Waals surface area (Å²) in [6.07, 6.45) is 2.70. The van der Waals surface area contributed by atoms with E-state index in [0.717, 1.165) is 35.9 Å². The fourth-order valence-corrected chi connectivity index (χ4v) is 3.45. The van der Waals surface area contributed by atoms with Crippen LogP contribution in [0.1, 0.15) is 46.2 Å². The molecule has 2 N–H and O–H groups in total. The number of carbonyl (C=O) groups excluding carboxylic acids is 1. The number of carbonyl (C=O) groups is 2. The Kier molecular flexibility index (Phi) is 4.57. The third-order valence-corrected chi connectivity index (χ3v) is 4.64. The maximum absolute atomic E-state index is 12.9. The summed E-state index contributed by atoms with van der Waals surface area (Å²) in [5.41, 5.74) is 2.53. The van der Waals surface area contributed by atoms with Crippen molar-refractivity contribution < 1.29 is 19.8 Å². The highest BCUT2D eigenvalue weighted by Gasteiger charge is 2.30. The number of hydrogen-bond donors (Lipinski definition) is 2. The highest BCUT2D eigenvalue weighted by Crippen LogP contribution is 2.31. The molecule has 1 amide bonds.